The number of rotatable bonds is 2. The molecule has 1 aromatic rings. The van der Waals surface area contributed by atoms with E-state index in [2.05, 4.69) is 4.90 Å². The van der Waals surface area contributed by atoms with E-state index in [4.69, 9.17) is 21.7 Å². The summed E-state index contributed by atoms with van der Waals surface area (Å²) in [4.78, 5) is 2.21. The minimum absolute atomic E-state index is 0.204. The molecule has 2 aliphatic rings. The lowest BCUT2D eigenvalue weighted by atomic mass is 10.0. The molecule has 0 N–H and O–H groups in total. The molecule has 2 saturated heterocycles. The number of ether oxygens (including phenoxy) is 2. The number of halogens is 1. The van der Waals surface area contributed by atoms with Gasteiger partial charge in [-0.1, -0.05) is 36.1 Å². The van der Waals surface area contributed by atoms with Gasteiger partial charge in [-0.2, -0.15) is 0 Å². The highest BCUT2D eigenvalue weighted by molar-refractivity contribution is 8.22. The maximum absolute atomic E-state index is 12.9. The third-order valence-electron chi connectivity index (χ3n) is 3.87. The van der Waals surface area contributed by atoms with E-state index in [1.54, 1.807) is 23.9 Å². The van der Waals surface area contributed by atoms with Crippen molar-refractivity contribution < 1.29 is 13.9 Å². The zero-order chi connectivity index (χ0) is 14.7. The van der Waals surface area contributed by atoms with Crippen LogP contribution in [0.2, 0.25) is 0 Å². The van der Waals surface area contributed by atoms with Crippen molar-refractivity contribution in [2.75, 3.05) is 26.3 Å². The second-order valence-electron chi connectivity index (χ2n) is 5.28. The summed E-state index contributed by atoms with van der Waals surface area (Å²) >= 11 is 7.12. The molecule has 0 aromatic heterocycles. The van der Waals surface area contributed by atoms with Gasteiger partial charge in [-0.05, 0) is 17.7 Å². The van der Waals surface area contributed by atoms with Gasteiger partial charge in [0.05, 0.1) is 13.2 Å². The van der Waals surface area contributed by atoms with Crippen molar-refractivity contribution in [1.29, 1.82) is 0 Å². The summed E-state index contributed by atoms with van der Waals surface area (Å²) in [6.45, 7) is 3.14. The second kappa shape index (κ2) is 6.60. The molecule has 2 heterocycles. The van der Waals surface area contributed by atoms with E-state index < -0.39 is 0 Å². The lowest BCUT2D eigenvalue weighted by Gasteiger charge is -2.38. The first-order chi connectivity index (χ1) is 10.2. The van der Waals surface area contributed by atoms with Crippen molar-refractivity contribution in [3.8, 4) is 0 Å². The maximum Gasteiger partial charge on any atom is 0.171 e. The van der Waals surface area contributed by atoms with E-state index in [9.17, 15) is 4.39 Å². The Bertz CT molecular complexity index is 493. The molecule has 1 aromatic carbocycles. The normalized spacial score (nSPS) is 20.9. The predicted molar refractivity (Wildman–Crippen MR) is 85.7 cm³/mol. The van der Waals surface area contributed by atoms with Crippen LogP contribution in [0.25, 0.3) is 0 Å². The van der Waals surface area contributed by atoms with Crippen molar-refractivity contribution >= 4 is 28.3 Å². The molecule has 3 nitrogen and oxygen atoms in total. The monoisotopic (exact) mass is 327 g/mol. The quantitative estimate of drug-likeness (QED) is 0.776. The van der Waals surface area contributed by atoms with Gasteiger partial charge < -0.3 is 14.4 Å². The molecule has 3 rings (SSSR count). The molecule has 6 heteroatoms. The number of benzene rings is 1. The van der Waals surface area contributed by atoms with Gasteiger partial charge in [0.2, 0.25) is 0 Å². The third-order valence-corrected chi connectivity index (χ3v) is 5.47. The van der Waals surface area contributed by atoms with E-state index in [1.807, 2.05) is 0 Å². The van der Waals surface area contributed by atoms with E-state index in [-0.39, 0.29) is 11.6 Å². The summed E-state index contributed by atoms with van der Waals surface area (Å²) in [7, 11) is 0. The number of hydrogen-bond donors (Lipinski definition) is 0. The fourth-order valence-electron chi connectivity index (χ4n) is 2.63. The Morgan fingerprint density at radius 1 is 1.19 bits per heavy atom. The van der Waals surface area contributed by atoms with E-state index in [1.165, 1.54) is 12.1 Å². The molecule has 114 valence electrons. The van der Waals surface area contributed by atoms with Crippen LogP contribution in [0.15, 0.2) is 24.3 Å². The van der Waals surface area contributed by atoms with E-state index in [0.717, 1.165) is 41.6 Å². The molecule has 1 spiro atoms. The summed E-state index contributed by atoms with van der Waals surface area (Å²) in [5.41, 5.74) is 1.08. The number of hydrogen-bond acceptors (Lipinski definition) is 4. The van der Waals surface area contributed by atoms with Crippen molar-refractivity contribution in [2.24, 2.45) is 0 Å². The Hall–Kier alpha value is -0.690. The van der Waals surface area contributed by atoms with Gasteiger partial charge in [0.1, 0.15) is 10.1 Å². The Kier molecular flexibility index (Phi) is 4.78. The standard InChI is InChI=1S/C15H18FNO2S2/c16-13-3-1-12(2-4-13)11-21-14(20)17-7-5-15(6-8-17)18-9-10-19-15/h1-4H,5-11H2. The average molecular weight is 327 g/mol. The largest absolute Gasteiger partial charge is 0.357 e. The molecule has 2 fully saturated rings. The molecule has 2 aliphatic heterocycles. The zero-order valence-electron chi connectivity index (χ0n) is 11.7. The van der Waals surface area contributed by atoms with Crippen LogP contribution in [0, 0.1) is 5.82 Å². The first-order valence-electron chi connectivity index (χ1n) is 7.11. The summed E-state index contributed by atoms with van der Waals surface area (Å²) in [5.74, 6) is 0.214. The van der Waals surface area contributed by atoms with Gasteiger partial charge in [0.15, 0.2) is 5.79 Å². The highest BCUT2D eigenvalue weighted by Crippen LogP contribution is 2.32. The molecule has 0 aliphatic carbocycles. The first kappa shape index (κ1) is 15.2. The SMILES string of the molecule is Fc1ccc(CSC(=S)N2CCC3(CC2)OCCO3)cc1. The first-order valence-corrected chi connectivity index (χ1v) is 8.50. The molecule has 0 bridgehead atoms. The predicted octanol–water partition coefficient (Wildman–Crippen LogP) is 3.18. The number of piperidine rings is 1. The number of likely N-dealkylation sites (tertiary alicyclic amines) is 1. The van der Waals surface area contributed by atoms with Gasteiger partial charge in [-0.15, -0.1) is 0 Å². The van der Waals surface area contributed by atoms with Crippen LogP contribution in [-0.2, 0) is 15.2 Å². The van der Waals surface area contributed by atoms with Gasteiger partial charge in [-0.3, -0.25) is 0 Å². The molecule has 0 unspecified atom stereocenters. The third kappa shape index (κ3) is 3.74. The summed E-state index contributed by atoms with van der Waals surface area (Å²) in [5, 5.41) is 0. The van der Waals surface area contributed by atoms with Crippen LogP contribution in [0.5, 0.6) is 0 Å². The van der Waals surface area contributed by atoms with Crippen molar-refractivity contribution in [1.82, 2.24) is 4.90 Å². The van der Waals surface area contributed by atoms with E-state index in [0.29, 0.717) is 13.2 Å². The fraction of sp³-hybridized carbons (Fsp3) is 0.533. The van der Waals surface area contributed by atoms with Crippen molar-refractivity contribution in [3.63, 3.8) is 0 Å². The van der Waals surface area contributed by atoms with Crippen LogP contribution in [0.4, 0.5) is 4.39 Å². The molecule has 0 saturated carbocycles. The molecular weight excluding hydrogens is 309 g/mol. The van der Waals surface area contributed by atoms with Gasteiger partial charge in [0.25, 0.3) is 0 Å². The van der Waals surface area contributed by atoms with Crippen LogP contribution >= 0.6 is 24.0 Å². The number of nitrogens with zero attached hydrogens (tertiary/aromatic N) is 1. The summed E-state index contributed by atoms with van der Waals surface area (Å²) in [6, 6.07) is 6.57. The Labute approximate surface area is 133 Å². The molecule has 21 heavy (non-hydrogen) atoms. The molecule has 0 atom stereocenters. The topological polar surface area (TPSA) is 21.7 Å². The lowest BCUT2D eigenvalue weighted by Crippen LogP contribution is -2.46. The van der Waals surface area contributed by atoms with Gasteiger partial charge >= 0.3 is 0 Å². The van der Waals surface area contributed by atoms with Crippen LogP contribution in [0.1, 0.15) is 18.4 Å². The molecule has 0 amide bonds. The fourth-order valence-corrected chi connectivity index (χ4v) is 3.84. The summed E-state index contributed by atoms with van der Waals surface area (Å²) < 4.78 is 25.2. The Morgan fingerprint density at radius 3 is 2.43 bits per heavy atom. The number of thioether (sulfide) groups is 1. The maximum atomic E-state index is 12.9. The van der Waals surface area contributed by atoms with Gasteiger partial charge in [-0.25, -0.2) is 4.39 Å². The number of thiocarbonyl (C=S) groups is 1. The smallest absolute Gasteiger partial charge is 0.171 e. The van der Waals surface area contributed by atoms with Crippen LogP contribution in [-0.4, -0.2) is 41.3 Å². The van der Waals surface area contributed by atoms with Crippen molar-refractivity contribution in [3.05, 3.63) is 35.6 Å². The van der Waals surface area contributed by atoms with Crippen LogP contribution < -0.4 is 0 Å². The highest BCUT2D eigenvalue weighted by Gasteiger charge is 2.40. The minimum atomic E-state index is -0.353. The molecule has 0 radical (unpaired) electrons. The zero-order valence-corrected chi connectivity index (χ0v) is 13.4. The summed E-state index contributed by atoms with van der Waals surface area (Å²) in [6.07, 6.45) is 1.73. The lowest BCUT2D eigenvalue weighted by molar-refractivity contribution is -0.180. The van der Waals surface area contributed by atoms with Gasteiger partial charge in [0, 0.05) is 31.7 Å². The van der Waals surface area contributed by atoms with Crippen LogP contribution in [0.3, 0.4) is 0 Å². The Balaban J connectivity index is 1.47. The molecular formula is C15H18FNO2S2. The Morgan fingerprint density at radius 2 is 1.81 bits per heavy atom. The minimum Gasteiger partial charge on any atom is -0.357 e. The average Bonchev–Trinajstić information content (AvgIpc) is 2.95. The van der Waals surface area contributed by atoms with E-state index >= 15 is 0 Å². The second-order valence-corrected chi connectivity index (χ2v) is 6.88. The van der Waals surface area contributed by atoms with Crippen molar-refractivity contribution in [2.45, 2.75) is 24.4 Å². The highest BCUT2D eigenvalue weighted by atomic mass is 32.2.